The van der Waals surface area contributed by atoms with E-state index in [1.54, 1.807) is 48.3 Å². The van der Waals surface area contributed by atoms with E-state index in [4.69, 9.17) is 9.47 Å². The topological polar surface area (TPSA) is 59.1 Å². The normalized spacial score (nSPS) is 17.3. The lowest BCUT2D eigenvalue weighted by molar-refractivity contribution is -0.134. The van der Waals surface area contributed by atoms with Crippen molar-refractivity contribution in [2.24, 2.45) is 5.92 Å². The molecule has 0 aliphatic carbocycles. The van der Waals surface area contributed by atoms with E-state index < -0.39 is 0 Å². The minimum Gasteiger partial charge on any atom is -0.497 e. The molecule has 34 heavy (non-hydrogen) atoms. The molecule has 0 saturated carbocycles. The Morgan fingerprint density at radius 1 is 0.882 bits per heavy atom. The maximum absolute atomic E-state index is 13.6. The van der Waals surface area contributed by atoms with Crippen molar-refractivity contribution >= 4 is 11.8 Å². The summed E-state index contributed by atoms with van der Waals surface area (Å²) in [7, 11) is 5.05. The molecule has 176 valence electrons. The summed E-state index contributed by atoms with van der Waals surface area (Å²) in [5.41, 5.74) is 2.65. The van der Waals surface area contributed by atoms with E-state index in [-0.39, 0.29) is 23.7 Å². The number of hydrogen-bond acceptors (Lipinski definition) is 4. The maximum Gasteiger partial charge on any atom is 0.253 e. The summed E-state index contributed by atoms with van der Waals surface area (Å²) in [5, 5.41) is 0. The number of carbonyl (C=O) groups excluding carboxylic acids is 2. The van der Waals surface area contributed by atoms with Crippen LogP contribution in [-0.2, 0) is 11.3 Å². The van der Waals surface area contributed by atoms with Crippen molar-refractivity contribution in [2.45, 2.75) is 12.5 Å². The lowest BCUT2D eigenvalue weighted by atomic mass is 9.88. The smallest absolute Gasteiger partial charge is 0.253 e. The molecule has 3 aromatic carbocycles. The Kier molecular flexibility index (Phi) is 7.16. The first-order valence-corrected chi connectivity index (χ1v) is 11.4. The average Bonchev–Trinajstić information content (AvgIpc) is 3.34. The SMILES string of the molecule is COc1ccc(C(=O)N2C[C@H](C(=O)N(C)Cc3ccccc3)[C@@H](c3cccc(OC)c3)C2)cc1. The first-order chi connectivity index (χ1) is 16.5. The molecule has 2 atom stereocenters. The van der Waals surface area contributed by atoms with Crippen LogP contribution in [-0.4, -0.2) is 56.0 Å². The number of carbonyl (C=O) groups is 2. The summed E-state index contributed by atoms with van der Waals surface area (Å²) in [6.07, 6.45) is 0. The highest BCUT2D eigenvalue weighted by molar-refractivity contribution is 5.95. The summed E-state index contributed by atoms with van der Waals surface area (Å²) in [6, 6.07) is 24.8. The Balaban J connectivity index is 1.59. The standard InChI is InChI=1S/C28H30N2O4/c1-29(17-20-8-5-4-6-9-20)28(32)26-19-30(27(31)21-12-14-23(33-2)15-13-21)18-25(26)22-10-7-11-24(16-22)34-3/h4-16,25-26H,17-19H2,1-3H3/t25-,26+/m1/s1. The average molecular weight is 459 g/mol. The van der Waals surface area contributed by atoms with Gasteiger partial charge in [0.05, 0.1) is 20.1 Å². The Bertz CT molecular complexity index is 1130. The number of methoxy groups -OCH3 is 2. The third-order valence-corrected chi connectivity index (χ3v) is 6.42. The Morgan fingerprint density at radius 2 is 1.59 bits per heavy atom. The molecule has 1 aliphatic heterocycles. The largest absolute Gasteiger partial charge is 0.497 e. The second-order valence-electron chi connectivity index (χ2n) is 8.61. The van der Waals surface area contributed by atoms with Crippen LogP contribution in [0.5, 0.6) is 11.5 Å². The van der Waals surface area contributed by atoms with E-state index in [1.165, 1.54) is 0 Å². The van der Waals surface area contributed by atoms with Crippen LogP contribution >= 0.6 is 0 Å². The first kappa shape index (κ1) is 23.4. The number of nitrogens with zero attached hydrogens (tertiary/aromatic N) is 2. The van der Waals surface area contributed by atoms with Crippen LogP contribution in [0.1, 0.15) is 27.4 Å². The lowest BCUT2D eigenvalue weighted by Gasteiger charge is -2.25. The van der Waals surface area contributed by atoms with Gasteiger partial charge >= 0.3 is 0 Å². The molecular formula is C28H30N2O4. The van der Waals surface area contributed by atoms with E-state index in [9.17, 15) is 9.59 Å². The molecule has 0 N–H and O–H groups in total. The molecule has 1 saturated heterocycles. The number of benzene rings is 3. The second kappa shape index (κ2) is 10.4. The van der Waals surface area contributed by atoms with Crippen LogP contribution in [0, 0.1) is 5.92 Å². The summed E-state index contributed by atoms with van der Waals surface area (Å²) in [6.45, 7) is 1.35. The van der Waals surface area contributed by atoms with Crippen molar-refractivity contribution in [3.05, 3.63) is 95.6 Å². The second-order valence-corrected chi connectivity index (χ2v) is 8.61. The van der Waals surface area contributed by atoms with Crippen LogP contribution in [0.25, 0.3) is 0 Å². The van der Waals surface area contributed by atoms with E-state index in [0.717, 1.165) is 16.9 Å². The summed E-state index contributed by atoms with van der Waals surface area (Å²) in [4.78, 5) is 30.5. The van der Waals surface area contributed by atoms with Gasteiger partial charge in [0, 0.05) is 38.2 Å². The highest BCUT2D eigenvalue weighted by atomic mass is 16.5. The predicted molar refractivity (Wildman–Crippen MR) is 131 cm³/mol. The van der Waals surface area contributed by atoms with Crippen LogP contribution in [0.2, 0.25) is 0 Å². The first-order valence-electron chi connectivity index (χ1n) is 11.4. The fourth-order valence-electron chi connectivity index (χ4n) is 4.56. The van der Waals surface area contributed by atoms with Gasteiger partial charge in [0.25, 0.3) is 5.91 Å². The van der Waals surface area contributed by atoms with Crippen LogP contribution in [0.4, 0.5) is 0 Å². The molecule has 6 nitrogen and oxygen atoms in total. The Morgan fingerprint density at radius 3 is 2.26 bits per heavy atom. The number of amides is 2. The Hall–Kier alpha value is -3.80. The van der Waals surface area contributed by atoms with Gasteiger partial charge in [-0.25, -0.2) is 0 Å². The Labute approximate surface area is 200 Å². The molecule has 1 heterocycles. The van der Waals surface area contributed by atoms with Gasteiger partial charge in [-0.2, -0.15) is 0 Å². The predicted octanol–water partition coefficient (Wildman–Crippen LogP) is 4.22. The number of ether oxygens (including phenoxy) is 2. The minimum absolute atomic E-state index is 0.0294. The van der Waals surface area contributed by atoms with Gasteiger partial charge < -0.3 is 19.3 Å². The van der Waals surface area contributed by atoms with Gasteiger partial charge in [0.2, 0.25) is 5.91 Å². The van der Waals surface area contributed by atoms with Crippen molar-refractivity contribution in [1.29, 1.82) is 0 Å². The fourth-order valence-corrected chi connectivity index (χ4v) is 4.56. The summed E-state index contributed by atoms with van der Waals surface area (Å²) < 4.78 is 10.6. The van der Waals surface area contributed by atoms with Gasteiger partial charge in [0.1, 0.15) is 11.5 Å². The van der Waals surface area contributed by atoms with Crippen molar-refractivity contribution < 1.29 is 19.1 Å². The van der Waals surface area contributed by atoms with Crippen molar-refractivity contribution in [2.75, 3.05) is 34.4 Å². The fraction of sp³-hybridized carbons (Fsp3) is 0.286. The van der Waals surface area contributed by atoms with E-state index in [2.05, 4.69) is 0 Å². The van der Waals surface area contributed by atoms with Crippen LogP contribution < -0.4 is 9.47 Å². The number of hydrogen-bond donors (Lipinski definition) is 0. The van der Waals surface area contributed by atoms with E-state index in [0.29, 0.717) is 30.9 Å². The van der Waals surface area contributed by atoms with Gasteiger partial charge in [0.15, 0.2) is 0 Å². The monoisotopic (exact) mass is 458 g/mol. The molecule has 2 amide bonds. The highest BCUT2D eigenvalue weighted by Gasteiger charge is 2.41. The van der Waals surface area contributed by atoms with Crippen molar-refractivity contribution in [1.82, 2.24) is 9.80 Å². The molecule has 0 spiro atoms. The molecule has 0 unspecified atom stereocenters. The van der Waals surface area contributed by atoms with Gasteiger partial charge in [-0.15, -0.1) is 0 Å². The summed E-state index contributed by atoms with van der Waals surface area (Å²) >= 11 is 0. The third kappa shape index (κ3) is 5.06. The highest BCUT2D eigenvalue weighted by Crippen LogP contribution is 2.36. The lowest BCUT2D eigenvalue weighted by Crippen LogP contribution is -2.36. The minimum atomic E-state index is -0.344. The zero-order valence-electron chi connectivity index (χ0n) is 19.8. The molecule has 1 aliphatic rings. The zero-order valence-corrected chi connectivity index (χ0v) is 19.8. The van der Waals surface area contributed by atoms with Gasteiger partial charge in [-0.3, -0.25) is 9.59 Å². The van der Waals surface area contributed by atoms with Crippen LogP contribution in [0.15, 0.2) is 78.9 Å². The quantitative estimate of drug-likeness (QED) is 0.532. The summed E-state index contributed by atoms with van der Waals surface area (Å²) in [5.74, 6) is 0.911. The van der Waals surface area contributed by atoms with Gasteiger partial charge in [-0.05, 0) is 47.5 Å². The molecule has 0 aromatic heterocycles. The van der Waals surface area contributed by atoms with Crippen LogP contribution in [0.3, 0.4) is 0 Å². The number of rotatable bonds is 7. The molecule has 6 heteroatoms. The molecule has 3 aromatic rings. The van der Waals surface area contributed by atoms with Crippen molar-refractivity contribution in [3.63, 3.8) is 0 Å². The zero-order chi connectivity index (χ0) is 24.1. The third-order valence-electron chi connectivity index (χ3n) is 6.42. The maximum atomic E-state index is 13.6. The van der Waals surface area contributed by atoms with Gasteiger partial charge in [-0.1, -0.05) is 42.5 Å². The molecule has 0 bridgehead atoms. The molecule has 0 radical (unpaired) electrons. The molecule has 4 rings (SSSR count). The molecule has 1 fully saturated rings. The van der Waals surface area contributed by atoms with E-state index in [1.807, 2.05) is 61.6 Å². The number of likely N-dealkylation sites (tertiary alicyclic amines) is 1. The van der Waals surface area contributed by atoms with E-state index >= 15 is 0 Å². The van der Waals surface area contributed by atoms with Crippen molar-refractivity contribution in [3.8, 4) is 11.5 Å². The molecular weight excluding hydrogens is 428 g/mol.